The molecule has 19 heavy (non-hydrogen) atoms. The molecule has 1 fully saturated rings. The molecule has 1 heterocycles. The van der Waals surface area contributed by atoms with E-state index in [-0.39, 0.29) is 11.9 Å². The topological polar surface area (TPSA) is 72.3 Å². The first kappa shape index (κ1) is 14.3. The maximum atomic E-state index is 11.5. The van der Waals surface area contributed by atoms with E-state index in [0.29, 0.717) is 11.5 Å². The van der Waals surface area contributed by atoms with Gasteiger partial charge in [0.1, 0.15) is 0 Å². The van der Waals surface area contributed by atoms with Gasteiger partial charge in [0, 0.05) is 23.6 Å². The Balaban J connectivity index is 2.19. The van der Waals surface area contributed by atoms with Crippen LogP contribution in [0.4, 0.5) is 5.69 Å². The van der Waals surface area contributed by atoms with Gasteiger partial charge in [-0.2, -0.15) is 0 Å². The SMILES string of the molecule is CC(N)C1CCN(c2cc(Br)ccc2C(N)=O)CC1. The number of nitrogens with zero attached hydrogens (tertiary/aromatic N) is 1. The lowest BCUT2D eigenvalue weighted by atomic mass is 9.90. The van der Waals surface area contributed by atoms with Crippen LogP contribution >= 0.6 is 15.9 Å². The number of halogens is 1. The van der Waals surface area contributed by atoms with Crippen LogP contribution in [-0.2, 0) is 0 Å². The van der Waals surface area contributed by atoms with Crippen LogP contribution in [0.15, 0.2) is 22.7 Å². The predicted octanol–water partition coefficient (Wildman–Crippen LogP) is 2.11. The van der Waals surface area contributed by atoms with Crippen molar-refractivity contribution in [2.75, 3.05) is 18.0 Å². The van der Waals surface area contributed by atoms with Gasteiger partial charge in [0.2, 0.25) is 0 Å². The van der Waals surface area contributed by atoms with E-state index in [0.717, 1.165) is 36.1 Å². The zero-order valence-electron chi connectivity index (χ0n) is 11.1. The van der Waals surface area contributed by atoms with E-state index >= 15 is 0 Å². The molecule has 1 aliphatic rings. The number of amides is 1. The van der Waals surface area contributed by atoms with Crippen LogP contribution in [0.1, 0.15) is 30.1 Å². The minimum atomic E-state index is -0.378. The molecule has 1 atom stereocenters. The van der Waals surface area contributed by atoms with Gasteiger partial charge in [-0.1, -0.05) is 15.9 Å². The minimum absolute atomic E-state index is 0.236. The Hall–Kier alpha value is -1.07. The lowest BCUT2D eigenvalue weighted by Crippen LogP contribution is -2.40. The molecular weight excluding hydrogens is 306 g/mol. The van der Waals surface area contributed by atoms with Gasteiger partial charge in [-0.05, 0) is 43.9 Å². The fourth-order valence-corrected chi connectivity index (χ4v) is 2.99. The fraction of sp³-hybridized carbons (Fsp3) is 0.500. The van der Waals surface area contributed by atoms with Crippen LogP contribution in [0, 0.1) is 5.92 Å². The summed E-state index contributed by atoms with van der Waals surface area (Å²) in [7, 11) is 0. The first-order valence-corrected chi connectivity index (χ1v) is 7.38. The fourth-order valence-electron chi connectivity index (χ4n) is 2.64. The van der Waals surface area contributed by atoms with Crippen molar-refractivity contribution in [3.8, 4) is 0 Å². The van der Waals surface area contributed by atoms with Crippen LogP contribution in [-0.4, -0.2) is 25.0 Å². The molecule has 0 radical (unpaired) electrons. The van der Waals surface area contributed by atoms with E-state index in [1.54, 1.807) is 6.07 Å². The molecule has 1 aromatic rings. The van der Waals surface area contributed by atoms with Crippen LogP contribution < -0.4 is 16.4 Å². The lowest BCUT2D eigenvalue weighted by molar-refractivity contribution is 0.100. The summed E-state index contributed by atoms with van der Waals surface area (Å²) in [4.78, 5) is 13.7. The van der Waals surface area contributed by atoms with Gasteiger partial charge in [-0.15, -0.1) is 0 Å². The van der Waals surface area contributed by atoms with E-state index in [1.165, 1.54) is 0 Å². The quantitative estimate of drug-likeness (QED) is 0.894. The normalized spacial score (nSPS) is 18.4. The second-order valence-corrected chi connectivity index (χ2v) is 6.12. The van der Waals surface area contributed by atoms with Crippen molar-refractivity contribution in [1.29, 1.82) is 0 Å². The molecule has 0 aliphatic carbocycles. The van der Waals surface area contributed by atoms with Gasteiger partial charge in [0.15, 0.2) is 0 Å². The van der Waals surface area contributed by atoms with E-state index in [2.05, 4.69) is 27.8 Å². The average molecular weight is 326 g/mol. The first-order chi connectivity index (χ1) is 8.99. The third-order valence-corrected chi connectivity index (χ3v) is 4.34. The number of rotatable bonds is 3. The molecule has 5 heteroatoms. The molecule has 2 rings (SSSR count). The number of hydrogen-bond donors (Lipinski definition) is 2. The van der Waals surface area contributed by atoms with Crippen LogP contribution in [0.25, 0.3) is 0 Å². The van der Waals surface area contributed by atoms with E-state index in [1.807, 2.05) is 12.1 Å². The number of piperidine rings is 1. The highest BCUT2D eigenvalue weighted by molar-refractivity contribution is 9.10. The van der Waals surface area contributed by atoms with E-state index in [9.17, 15) is 4.79 Å². The molecule has 1 amide bonds. The summed E-state index contributed by atoms with van der Waals surface area (Å²) >= 11 is 3.45. The monoisotopic (exact) mass is 325 g/mol. The Morgan fingerprint density at radius 2 is 2.05 bits per heavy atom. The van der Waals surface area contributed by atoms with E-state index in [4.69, 9.17) is 11.5 Å². The van der Waals surface area contributed by atoms with Gasteiger partial charge in [-0.3, -0.25) is 4.79 Å². The molecule has 1 aliphatic heterocycles. The lowest BCUT2D eigenvalue weighted by Gasteiger charge is -2.36. The van der Waals surface area contributed by atoms with Crippen molar-refractivity contribution in [1.82, 2.24) is 0 Å². The second kappa shape index (κ2) is 5.92. The molecule has 1 unspecified atom stereocenters. The van der Waals surface area contributed by atoms with Gasteiger partial charge in [0.25, 0.3) is 5.91 Å². The number of primary amides is 1. The smallest absolute Gasteiger partial charge is 0.250 e. The maximum Gasteiger partial charge on any atom is 0.250 e. The summed E-state index contributed by atoms with van der Waals surface area (Å²) in [6.45, 7) is 3.90. The van der Waals surface area contributed by atoms with Crippen molar-refractivity contribution in [2.45, 2.75) is 25.8 Å². The highest BCUT2D eigenvalue weighted by Crippen LogP contribution is 2.29. The number of hydrogen-bond acceptors (Lipinski definition) is 3. The van der Waals surface area contributed by atoms with Gasteiger partial charge < -0.3 is 16.4 Å². The Morgan fingerprint density at radius 3 is 2.58 bits per heavy atom. The molecule has 0 spiro atoms. The Labute approximate surface area is 122 Å². The average Bonchev–Trinajstić information content (AvgIpc) is 2.38. The summed E-state index contributed by atoms with van der Waals surface area (Å²) < 4.78 is 0.960. The highest BCUT2D eigenvalue weighted by atomic mass is 79.9. The summed E-state index contributed by atoms with van der Waals surface area (Å²) in [5, 5.41) is 0. The molecular formula is C14H20BrN3O. The van der Waals surface area contributed by atoms with Crippen molar-refractivity contribution in [3.05, 3.63) is 28.2 Å². The third kappa shape index (κ3) is 3.28. The second-order valence-electron chi connectivity index (χ2n) is 5.21. The predicted molar refractivity (Wildman–Crippen MR) is 81.2 cm³/mol. The minimum Gasteiger partial charge on any atom is -0.371 e. The zero-order valence-corrected chi connectivity index (χ0v) is 12.7. The Kier molecular flexibility index (Phi) is 4.47. The summed E-state index contributed by atoms with van der Waals surface area (Å²) in [5.41, 5.74) is 12.9. The molecule has 0 saturated carbocycles. The van der Waals surface area contributed by atoms with Crippen LogP contribution in [0.2, 0.25) is 0 Å². The molecule has 0 aromatic heterocycles. The molecule has 1 aromatic carbocycles. The van der Waals surface area contributed by atoms with Crippen molar-refractivity contribution in [2.24, 2.45) is 17.4 Å². The molecule has 0 bridgehead atoms. The Bertz CT molecular complexity index is 468. The Morgan fingerprint density at radius 1 is 1.42 bits per heavy atom. The summed E-state index contributed by atoms with van der Waals surface area (Å²) in [5.74, 6) is 0.192. The van der Waals surface area contributed by atoms with Crippen LogP contribution in [0.5, 0.6) is 0 Å². The van der Waals surface area contributed by atoms with Gasteiger partial charge >= 0.3 is 0 Å². The number of benzene rings is 1. The van der Waals surface area contributed by atoms with Crippen molar-refractivity contribution < 1.29 is 4.79 Å². The molecule has 4 nitrogen and oxygen atoms in total. The highest BCUT2D eigenvalue weighted by Gasteiger charge is 2.24. The van der Waals surface area contributed by atoms with Crippen molar-refractivity contribution in [3.63, 3.8) is 0 Å². The first-order valence-electron chi connectivity index (χ1n) is 6.59. The summed E-state index contributed by atoms with van der Waals surface area (Å²) in [6.07, 6.45) is 2.12. The van der Waals surface area contributed by atoms with Gasteiger partial charge in [-0.25, -0.2) is 0 Å². The molecule has 1 saturated heterocycles. The molecule has 4 N–H and O–H groups in total. The molecule has 104 valence electrons. The third-order valence-electron chi connectivity index (χ3n) is 3.85. The number of carbonyl (C=O) groups is 1. The van der Waals surface area contributed by atoms with Crippen LogP contribution in [0.3, 0.4) is 0 Å². The standard InChI is InChI=1S/C14H20BrN3O/c1-9(16)10-4-6-18(7-5-10)13-8-11(15)2-3-12(13)14(17)19/h2-3,8-10H,4-7,16H2,1H3,(H2,17,19). The number of anilines is 1. The largest absolute Gasteiger partial charge is 0.371 e. The number of carbonyl (C=O) groups excluding carboxylic acids is 1. The van der Waals surface area contributed by atoms with Gasteiger partial charge in [0.05, 0.1) is 11.3 Å². The zero-order chi connectivity index (χ0) is 14.0. The summed E-state index contributed by atoms with van der Waals surface area (Å²) in [6, 6.07) is 5.82. The van der Waals surface area contributed by atoms with Crippen molar-refractivity contribution >= 4 is 27.5 Å². The van der Waals surface area contributed by atoms with E-state index < -0.39 is 0 Å². The maximum absolute atomic E-state index is 11.5. The number of nitrogens with two attached hydrogens (primary N) is 2.